The first kappa shape index (κ1) is 21.1. The van der Waals surface area contributed by atoms with E-state index in [0.717, 1.165) is 22.9 Å². The first-order valence-corrected chi connectivity index (χ1v) is 11.9. The van der Waals surface area contributed by atoms with Crippen LogP contribution in [0, 0.1) is 6.92 Å². The number of aromatic nitrogens is 1. The molecule has 1 aliphatic rings. The van der Waals surface area contributed by atoms with Crippen molar-refractivity contribution in [2.75, 3.05) is 4.72 Å². The van der Waals surface area contributed by atoms with E-state index in [1.165, 1.54) is 0 Å². The summed E-state index contributed by atoms with van der Waals surface area (Å²) in [5.41, 5.74) is 2.34. The minimum absolute atomic E-state index is 0.308. The van der Waals surface area contributed by atoms with Gasteiger partial charge in [0.25, 0.3) is 5.24 Å². The van der Waals surface area contributed by atoms with E-state index >= 15 is 0 Å². The Hall–Kier alpha value is -3.11. The van der Waals surface area contributed by atoms with Gasteiger partial charge in [0.15, 0.2) is 0 Å². The maximum absolute atomic E-state index is 12.6. The smallest absolute Gasteiger partial charge is 0.286 e. The minimum atomic E-state index is -3.72. The zero-order valence-corrected chi connectivity index (χ0v) is 18.1. The van der Waals surface area contributed by atoms with Gasteiger partial charge in [0, 0.05) is 11.3 Å². The first-order chi connectivity index (χ1) is 14.8. The number of oxazole rings is 1. The van der Waals surface area contributed by atoms with Crippen LogP contribution in [0.5, 0.6) is 0 Å². The van der Waals surface area contributed by atoms with Gasteiger partial charge in [-0.2, -0.15) is 0 Å². The second-order valence-electron chi connectivity index (χ2n) is 7.03. The molecule has 160 valence electrons. The van der Waals surface area contributed by atoms with Gasteiger partial charge in [0.2, 0.25) is 21.8 Å². The first-order valence-electron chi connectivity index (χ1n) is 9.42. The molecule has 2 N–H and O–H groups in total. The predicted octanol–water partition coefficient (Wildman–Crippen LogP) is 3.49. The summed E-state index contributed by atoms with van der Waals surface area (Å²) in [6.07, 6.45) is 0.385. The lowest BCUT2D eigenvalue weighted by atomic mass is 10.1. The van der Waals surface area contributed by atoms with Gasteiger partial charge in [-0.05, 0) is 43.2 Å². The number of carbonyl (C=O) groups excluding carboxylic acids is 2. The van der Waals surface area contributed by atoms with Crippen molar-refractivity contribution in [3.63, 3.8) is 0 Å². The van der Waals surface area contributed by atoms with Crippen LogP contribution in [-0.4, -0.2) is 29.8 Å². The minimum Gasteiger partial charge on any atom is -0.441 e. The van der Waals surface area contributed by atoms with Gasteiger partial charge in [-0.15, -0.1) is 0 Å². The fraction of sp³-hybridized carbons (Fsp3) is 0.190. The Labute approximate surface area is 183 Å². The molecule has 10 heteroatoms. The van der Waals surface area contributed by atoms with Gasteiger partial charge in [0.05, 0.1) is 10.9 Å². The summed E-state index contributed by atoms with van der Waals surface area (Å²) in [6.45, 7) is 1.68. The molecule has 0 aliphatic carbocycles. The normalized spacial score (nSPS) is 16.4. The van der Waals surface area contributed by atoms with Gasteiger partial charge in [0.1, 0.15) is 11.5 Å². The summed E-state index contributed by atoms with van der Waals surface area (Å²) in [5.74, 6) is 0.191. The maximum atomic E-state index is 12.6. The number of sulfonamides is 1. The number of rotatable bonds is 7. The molecule has 1 aliphatic heterocycles. The van der Waals surface area contributed by atoms with Gasteiger partial charge in [-0.1, -0.05) is 42.1 Å². The van der Waals surface area contributed by atoms with Crippen LogP contribution in [-0.2, 0) is 27.0 Å². The summed E-state index contributed by atoms with van der Waals surface area (Å²) in [5, 5.41) is 1.43. The Morgan fingerprint density at radius 2 is 1.81 bits per heavy atom. The van der Waals surface area contributed by atoms with Crippen LogP contribution in [0.3, 0.4) is 0 Å². The second-order valence-corrected chi connectivity index (χ2v) is 9.93. The predicted molar refractivity (Wildman–Crippen MR) is 118 cm³/mol. The molecule has 2 amide bonds. The van der Waals surface area contributed by atoms with Crippen molar-refractivity contribution < 1.29 is 22.4 Å². The van der Waals surface area contributed by atoms with E-state index in [-0.39, 0.29) is 16.9 Å². The van der Waals surface area contributed by atoms with Gasteiger partial charge >= 0.3 is 0 Å². The third-order valence-electron chi connectivity index (χ3n) is 4.66. The third kappa shape index (κ3) is 5.15. The fourth-order valence-electron chi connectivity index (χ4n) is 3.11. The van der Waals surface area contributed by atoms with E-state index < -0.39 is 15.3 Å². The summed E-state index contributed by atoms with van der Waals surface area (Å²) >= 11 is 0.959. The summed E-state index contributed by atoms with van der Waals surface area (Å²) in [7, 11) is -3.72. The van der Waals surface area contributed by atoms with Crippen molar-refractivity contribution >= 4 is 38.6 Å². The average Bonchev–Trinajstić information content (AvgIpc) is 3.24. The Bertz CT molecular complexity index is 1220. The topological polar surface area (TPSA) is 118 Å². The van der Waals surface area contributed by atoms with Crippen molar-refractivity contribution in [3.8, 4) is 11.5 Å². The lowest BCUT2D eigenvalue weighted by Crippen LogP contribution is -2.25. The number of carbonyl (C=O) groups is 2. The Kier molecular flexibility index (Phi) is 5.84. The Balaban J connectivity index is 1.42. The Morgan fingerprint density at radius 1 is 1.10 bits per heavy atom. The van der Waals surface area contributed by atoms with Crippen LogP contribution in [0.25, 0.3) is 11.5 Å². The molecule has 1 unspecified atom stereocenters. The highest BCUT2D eigenvalue weighted by molar-refractivity contribution is 8.15. The molecule has 1 fully saturated rings. The molecule has 3 aromatic rings. The van der Waals surface area contributed by atoms with Crippen molar-refractivity contribution in [2.45, 2.75) is 24.3 Å². The molecule has 4 rings (SSSR count). The second kappa shape index (κ2) is 8.56. The number of imide groups is 1. The highest BCUT2D eigenvalue weighted by Crippen LogP contribution is 2.25. The van der Waals surface area contributed by atoms with Gasteiger partial charge in [-0.3, -0.25) is 19.6 Å². The number of anilines is 1. The number of amides is 2. The zero-order valence-electron chi connectivity index (χ0n) is 16.5. The molecule has 0 spiro atoms. The van der Waals surface area contributed by atoms with E-state index in [9.17, 15) is 18.0 Å². The molecule has 0 bridgehead atoms. The third-order valence-corrected chi connectivity index (χ3v) is 6.84. The van der Waals surface area contributed by atoms with E-state index in [0.29, 0.717) is 29.5 Å². The van der Waals surface area contributed by atoms with E-state index in [4.69, 9.17) is 4.42 Å². The van der Waals surface area contributed by atoms with Crippen molar-refractivity contribution in [3.05, 3.63) is 71.6 Å². The molecule has 1 atom stereocenters. The van der Waals surface area contributed by atoms with E-state index in [1.807, 2.05) is 30.3 Å². The number of aryl methyl sites for hydroxylation is 1. The van der Waals surface area contributed by atoms with E-state index in [1.54, 1.807) is 31.2 Å². The van der Waals surface area contributed by atoms with Crippen LogP contribution in [0.1, 0.15) is 17.0 Å². The van der Waals surface area contributed by atoms with Gasteiger partial charge in [-0.25, -0.2) is 13.4 Å². The number of nitrogens with zero attached hydrogens (tertiary/aromatic N) is 1. The van der Waals surface area contributed by atoms with Gasteiger partial charge < -0.3 is 4.42 Å². The fourth-order valence-corrected chi connectivity index (χ4v) is 5.17. The molecule has 31 heavy (non-hydrogen) atoms. The average molecular weight is 458 g/mol. The molecular formula is C21H19N3O5S2. The number of nitrogens with one attached hydrogen (secondary N) is 2. The molecule has 0 radical (unpaired) electrons. The molecule has 1 aromatic heterocycles. The van der Waals surface area contributed by atoms with Crippen molar-refractivity contribution in [2.24, 2.45) is 0 Å². The molecule has 8 nitrogen and oxygen atoms in total. The van der Waals surface area contributed by atoms with Crippen LogP contribution in [0.15, 0.2) is 59.0 Å². The van der Waals surface area contributed by atoms with Crippen LogP contribution >= 0.6 is 11.8 Å². The van der Waals surface area contributed by atoms with Crippen molar-refractivity contribution in [1.29, 1.82) is 0 Å². The number of thioether (sulfide) groups is 1. The largest absolute Gasteiger partial charge is 0.441 e. The molecule has 0 saturated carbocycles. The maximum Gasteiger partial charge on any atom is 0.286 e. The SMILES string of the molecule is Cc1oc(-c2ccccc2)nc1CS(=O)(=O)Nc1ccc(CC2SC(=O)NC2=O)cc1. The highest BCUT2D eigenvalue weighted by atomic mass is 32.2. The lowest BCUT2D eigenvalue weighted by Gasteiger charge is -2.09. The van der Waals surface area contributed by atoms with Crippen LogP contribution in [0.4, 0.5) is 10.5 Å². The summed E-state index contributed by atoms with van der Waals surface area (Å²) < 4.78 is 33.4. The summed E-state index contributed by atoms with van der Waals surface area (Å²) in [6, 6.07) is 16.0. The van der Waals surface area contributed by atoms with E-state index in [2.05, 4.69) is 15.0 Å². The van der Waals surface area contributed by atoms with Crippen LogP contribution < -0.4 is 10.0 Å². The quantitative estimate of drug-likeness (QED) is 0.557. The standard InChI is InChI=1S/C21H19N3O5S2/c1-13-17(22-20(29-13)15-5-3-2-4-6-15)12-31(27,28)24-16-9-7-14(8-10-16)11-18-19(25)23-21(26)30-18/h2-10,18,24H,11-12H2,1H3,(H,23,25,26). The monoisotopic (exact) mass is 457 g/mol. The molecular weight excluding hydrogens is 438 g/mol. The van der Waals surface area contributed by atoms with Crippen LogP contribution in [0.2, 0.25) is 0 Å². The van der Waals surface area contributed by atoms with Crippen molar-refractivity contribution in [1.82, 2.24) is 10.3 Å². The molecule has 1 saturated heterocycles. The number of hydrogen-bond acceptors (Lipinski definition) is 7. The Morgan fingerprint density at radius 3 is 2.45 bits per heavy atom. The molecule has 2 aromatic carbocycles. The lowest BCUT2D eigenvalue weighted by molar-refractivity contribution is -0.118. The molecule has 2 heterocycles. The summed E-state index contributed by atoms with van der Waals surface area (Å²) in [4.78, 5) is 27.3. The zero-order chi connectivity index (χ0) is 22.0. The number of benzene rings is 2. The highest BCUT2D eigenvalue weighted by Gasteiger charge is 2.31. The number of hydrogen-bond donors (Lipinski definition) is 2.